The molecule has 1 N–H and O–H groups in total. The van der Waals surface area contributed by atoms with Crippen molar-refractivity contribution in [2.24, 2.45) is 5.92 Å². The van der Waals surface area contributed by atoms with E-state index < -0.39 is 30.1 Å². The standard InChI is InChI=1S/C14H15F2NO2.C14H18F2O/c15-14(16)7-6-12-11(8-14)17(13(18)19-12)9-10-4-2-1-3-5-10;15-14(16)9-8-13(17)12(10-14)7-6-11-4-2-1-3-5-11/h1-5,11-12H,6-9H2;1-5,12-13,17H,6-10H2. The second kappa shape index (κ2) is 11.2. The number of amides is 1. The molecule has 2 aromatic carbocycles. The Hall–Kier alpha value is -2.61. The van der Waals surface area contributed by atoms with Crippen molar-refractivity contribution in [2.75, 3.05) is 0 Å². The predicted molar refractivity (Wildman–Crippen MR) is 128 cm³/mol. The molecule has 4 unspecified atom stereocenters. The Morgan fingerprint density at radius 3 is 2.11 bits per heavy atom. The molecule has 0 bridgehead atoms. The number of hydrogen-bond acceptors (Lipinski definition) is 3. The van der Waals surface area contributed by atoms with Crippen LogP contribution in [-0.2, 0) is 17.7 Å². The van der Waals surface area contributed by atoms with E-state index >= 15 is 0 Å². The molecule has 1 heterocycles. The Labute approximate surface area is 209 Å². The summed E-state index contributed by atoms with van der Waals surface area (Å²) in [5, 5.41) is 9.75. The predicted octanol–water partition coefficient (Wildman–Crippen LogP) is 6.61. The van der Waals surface area contributed by atoms with Crippen molar-refractivity contribution in [3.63, 3.8) is 0 Å². The van der Waals surface area contributed by atoms with Crippen molar-refractivity contribution in [2.45, 2.75) is 88.0 Å². The fourth-order valence-corrected chi connectivity index (χ4v) is 5.34. The van der Waals surface area contributed by atoms with Crippen LogP contribution in [-0.4, -0.2) is 46.2 Å². The molecule has 2 aromatic rings. The van der Waals surface area contributed by atoms with E-state index in [4.69, 9.17) is 4.74 Å². The molecular formula is C28H33F4NO3. The van der Waals surface area contributed by atoms with E-state index in [0.717, 1.165) is 17.5 Å². The molecule has 3 fully saturated rings. The number of carbonyl (C=O) groups excluding carboxylic acids is 1. The van der Waals surface area contributed by atoms with Gasteiger partial charge in [-0.25, -0.2) is 22.4 Å². The van der Waals surface area contributed by atoms with Gasteiger partial charge in [-0.3, -0.25) is 4.90 Å². The Kier molecular flexibility index (Phi) is 8.23. The lowest BCUT2D eigenvalue weighted by atomic mass is 9.81. The van der Waals surface area contributed by atoms with Crippen LogP contribution in [0.15, 0.2) is 60.7 Å². The third kappa shape index (κ3) is 6.99. The first-order valence-electron chi connectivity index (χ1n) is 12.6. The Morgan fingerprint density at radius 1 is 0.861 bits per heavy atom. The van der Waals surface area contributed by atoms with Crippen molar-refractivity contribution in [1.29, 1.82) is 0 Å². The van der Waals surface area contributed by atoms with Gasteiger partial charge in [0.05, 0.1) is 12.1 Å². The summed E-state index contributed by atoms with van der Waals surface area (Å²) in [6.07, 6.45) is -0.361. The third-order valence-corrected chi connectivity index (χ3v) is 7.37. The molecule has 1 aliphatic heterocycles. The first-order valence-corrected chi connectivity index (χ1v) is 12.6. The van der Waals surface area contributed by atoms with E-state index in [0.29, 0.717) is 13.0 Å². The minimum absolute atomic E-state index is 0.166. The van der Waals surface area contributed by atoms with Crippen LogP contribution < -0.4 is 0 Å². The van der Waals surface area contributed by atoms with Crippen LogP contribution in [0.2, 0.25) is 0 Å². The van der Waals surface area contributed by atoms with E-state index in [1.54, 1.807) is 0 Å². The van der Waals surface area contributed by atoms with Crippen molar-refractivity contribution in [3.8, 4) is 0 Å². The molecule has 0 aromatic heterocycles. The number of ether oxygens (including phenoxy) is 1. The SMILES string of the molecule is O=C1OC2CCC(F)(F)CC2N1Cc1ccccc1.OC1CCC(F)(F)CC1CCc1ccccc1. The van der Waals surface area contributed by atoms with Gasteiger partial charge in [0.15, 0.2) is 0 Å². The number of aliphatic hydroxyl groups excluding tert-OH is 1. The number of fused-ring (bicyclic) bond motifs is 1. The van der Waals surface area contributed by atoms with Gasteiger partial charge in [0.1, 0.15) is 6.10 Å². The van der Waals surface area contributed by atoms with E-state index in [2.05, 4.69) is 0 Å². The van der Waals surface area contributed by atoms with Gasteiger partial charge in [0, 0.05) is 32.2 Å². The number of carbonyl (C=O) groups is 1. The molecule has 1 saturated heterocycles. The first kappa shape index (κ1) is 26.5. The molecule has 3 aliphatic rings. The van der Waals surface area contributed by atoms with Gasteiger partial charge in [-0.05, 0) is 42.7 Å². The van der Waals surface area contributed by atoms with Gasteiger partial charge in [-0.1, -0.05) is 60.7 Å². The van der Waals surface area contributed by atoms with Crippen molar-refractivity contribution in [1.82, 2.24) is 4.90 Å². The van der Waals surface area contributed by atoms with Gasteiger partial charge in [0.25, 0.3) is 0 Å². The fourth-order valence-electron chi connectivity index (χ4n) is 5.34. The number of aliphatic hydroxyl groups is 1. The van der Waals surface area contributed by atoms with Gasteiger partial charge < -0.3 is 9.84 Å². The van der Waals surface area contributed by atoms with Crippen LogP contribution in [0.4, 0.5) is 22.4 Å². The molecule has 2 aliphatic carbocycles. The highest BCUT2D eigenvalue weighted by Gasteiger charge is 2.51. The van der Waals surface area contributed by atoms with E-state index in [1.165, 1.54) is 4.90 Å². The second-order valence-corrected chi connectivity index (χ2v) is 10.2. The molecule has 1 amide bonds. The number of aryl methyl sites for hydroxylation is 1. The van der Waals surface area contributed by atoms with E-state index in [9.17, 15) is 27.5 Å². The average molecular weight is 508 g/mol. The number of rotatable bonds is 5. The second-order valence-electron chi connectivity index (χ2n) is 10.2. The zero-order valence-corrected chi connectivity index (χ0v) is 20.2. The summed E-state index contributed by atoms with van der Waals surface area (Å²) in [4.78, 5) is 13.3. The lowest BCUT2D eigenvalue weighted by Gasteiger charge is -2.33. The summed E-state index contributed by atoms with van der Waals surface area (Å²) in [6.45, 7) is 0.330. The minimum Gasteiger partial charge on any atom is -0.444 e. The summed E-state index contributed by atoms with van der Waals surface area (Å²) in [6, 6.07) is 18.7. The van der Waals surface area contributed by atoms with Crippen LogP contribution in [0.1, 0.15) is 56.1 Å². The molecular weight excluding hydrogens is 474 g/mol. The topological polar surface area (TPSA) is 49.8 Å². The van der Waals surface area contributed by atoms with Gasteiger partial charge in [-0.2, -0.15) is 0 Å². The number of alkyl halides is 4. The zero-order chi connectivity index (χ0) is 25.8. The summed E-state index contributed by atoms with van der Waals surface area (Å²) in [5.74, 6) is -5.54. The molecule has 4 atom stereocenters. The van der Waals surface area contributed by atoms with Crippen molar-refractivity contribution < 1.29 is 32.2 Å². The third-order valence-electron chi connectivity index (χ3n) is 7.37. The molecule has 36 heavy (non-hydrogen) atoms. The van der Waals surface area contributed by atoms with Gasteiger partial charge in [-0.15, -0.1) is 0 Å². The number of hydrogen-bond donors (Lipinski definition) is 1. The first-order chi connectivity index (χ1) is 17.1. The van der Waals surface area contributed by atoms with Crippen LogP contribution in [0, 0.1) is 5.92 Å². The molecule has 0 spiro atoms. The Bertz CT molecular complexity index is 989. The minimum atomic E-state index is -2.69. The quantitative estimate of drug-likeness (QED) is 0.464. The molecule has 4 nitrogen and oxygen atoms in total. The highest BCUT2D eigenvalue weighted by atomic mass is 19.3. The van der Waals surface area contributed by atoms with Gasteiger partial charge in [0.2, 0.25) is 11.8 Å². The largest absolute Gasteiger partial charge is 0.444 e. The molecule has 5 rings (SSSR count). The summed E-state index contributed by atoms with van der Waals surface area (Å²) < 4.78 is 58.7. The van der Waals surface area contributed by atoms with Crippen molar-refractivity contribution in [3.05, 3.63) is 71.8 Å². The lowest BCUT2D eigenvalue weighted by Crippen LogP contribution is -2.44. The smallest absolute Gasteiger partial charge is 0.410 e. The number of benzene rings is 2. The maximum Gasteiger partial charge on any atom is 0.410 e. The molecule has 8 heteroatoms. The number of nitrogens with zero attached hydrogens (tertiary/aromatic N) is 1. The van der Waals surface area contributed by atoms with Crippen LogP contribution in [0.5, 0.6) is 0 Å². The van der Waals surface area contributed by atoms with Gasteiger partial charge >= 0.3 is 6.09 Å². The van der Waals surface area contributed by atoms with Crippen LogP contribution in [0.3, 0.4) is 0 Å². The average Bonchev–Trinajstić information content (AvgIpc) is 3.15. The number of halogens is 4. The lowest BCUT2D eigenvalue weighted by molar-refractivity contribution is -0.0930. The van der Waals surface area contributed by atoms with Crippen LogP contribution in [0.25, 0.3) is 0 Å². The Morgan fingerprint density at radius 2 is 1.44 bits per heavy atom. The van der Waals surface area contributed by atoms with Crippen molar-refractivity contribution >= 4 is 6.09 Å². The van der Waals surface area contributed by atoms with E-state index in [1.807, 2.05) is 60.7 Å². The maximum absolute atomic E-state index is 13.5. The van der Waals surface area contributed by atoms with Crippen LogP contribution >= 0.6 is 0 Å². The summed E-state index contributed by atoms with van der Waals surface area (Å²) in [7, 11) is 0. The summed E-state index contributed by atoms with van der Waals surface area (Å²) in [5.41, 5.74) is 2.07. The normalized spacial score (nSPS) is 28.5. The van der Waals surface area contributed by atoms with E-state index in [-0.39, 0.29) is 50.5 Å². The summed E-state index contributed by atoms with van der Waals surface area (Å²) >= 11 is 0. The zero-order valence-electron chi connectivity index (χ0n) is 20.2. The monoisotopic (exact) mass is 507 g/mol. The fraction of sp³-hybridized carbons (Fsp3) is 0.536. The molecule has 196 valence electrons. The molecule has 2 saturated carbocycles. The maximum atomic E-state index is 13.5. The molecule has 0 radical (unpaired) electrons. The Balaban J connectivity index is 0.000000170. The highest BCUT2D eigenvalue weighted by molar-refractivity contribution is 5.71. The highest BCUT2D eigenvalue weighted by Crippen LogP contribution is 2.41.